The number of pyridine rings is 1. The van der Waals surface area contributed by atoms with Gasteiger partial charge >= 0.3 is 0 Å². The zero-order valence-corrected chi connectivity index (χ0v) is 17.5. The van der Waals surface area contributed by atoms with Crippen LogP contribution in [0.4, 0.5) is 0 Å². The van der Waals surface area contributed by atoms with Crippen molar-refractivity contribution >= 4 is 17.5 Å². The van der Waals surface area contributed by atoms with E-state index >= 15 is 0 Å². The fourth-order valence-corrected chi connectivity index (χ4v) is 3.00. The zero-order chi connectivity index (χ0) is 21.2. The number of amides is 1. The molecule has 0 aliphatic carbocycles. The molecule has 2 aromatic heterocycles. The number of hydrogen-bond acceptors (Lipinski definition) is 4. The number of nitrogens with one attached hydrogen (secondary N) is 1. The van der Waals surface area contributed by atoms with Crippen LogP contribution in [0.3, 0.4) is 0 Å². The number of carbonyl (C=O) groups is 1. The fourth-order valence-electron chi connectivity index (χ4n) is 2.87. The summed E-state index contributed by atoms with van der Waals surface area (Å²) < 4.78 is 1.86. The van der Waals surface area contributed by atoms with Crippen LogP contribution in [-0.2, 0) is 0 Å². The van der Waals surface area contributed by atoms with E-state index in [0.717, 1.165) is 11.3 Å². The Bertz CT molecular complexity index is 1080. The summed E-state index contributed by atoms with van der Waals surface area (Å²) in [6.07, 6.45) is 1.71. The van der Waals surface area contributed by atoms with Gasteiger partial charge in [-0.05, 0) is 58.0 Å². The lowest BCUT2D eigenvalue weighted by molar-refractivity contribution is 0.0929. The average Bonchev–Trinajstić information content (AvgIpc) is 3.18. The van der Waals surface area contributed by atoms with Crippen LogP contribution in [-0.4, -0.2) is 26.2 Å². The van der Waals surface area contributed by atoms with Gasteiger partial charge in [0.1, 0.15) is 5.54 Å². The van der Waals surface area contributed by atoms with E-state index in [0.29, 0.717) is 22.0 Å². The number of carbonyl (C=O) groups excluding carboxylic acids is 1. The van der Waals surface area contributed by atoms with Crippen LogP contribution in [0.25, 0.3) is 22.6 Å². The van der Waals surface area contributed by atoms with Crippen LogP contribution in [0, 0.1) is 11.3 Å². The minimum atomic E-state index is -0.985. The predicted molar refractivity (Wildman–Crippen MR) is 113 cm³/mol. The van der Waals surface area contributed by atoms with E-state index < -0.39 is 5.54 Å². The Hall–Kier alpha value is -3.17. The molecule has 1 amide bonds. The normalized spacial score (nSPS) is 11.3. The summed E-state index contributed by atoms with van der Waals surface area (Å²) >= 11 is 6.01. The second-order valence-corrected chi connectivity index (χ2v) is 8.02. The van der Waals surface area contributed by atoms with Gasteiger partial charge in [-0.2, -0.15) is 10.4 Å². The summed E-state index contributed by atoms with van der Waals surface area (Å²) in [6, 6.07) is 14.8. The van der Waals surface area contributed by atoms with E-state index in [1.807, 2.05) is 36.7 Å². The maximum atomic E-state index is 12.9. The molecule has 0 fully saturated rings. The monoisotopic (exact) mass is 407 g/mol. The van der Waals surface area contributed by atoms with E-state index in [9.17, 15) is 10.1 Å². The van der Waals surface area contributed by atoms with Crippen LogP contribution in [0.1, 0.15) is 44.1 Å². The molecule has 0 aliphatic heterocycles. The van der Waals surface area contributed by atoms with Crippen molar-refractivity contribution in [2.45, 2.75) is 39.3 Å². The molecule has 3 aromatic rings. The lowest BCUT2D eigenvalue weighted by atomic mass is 10.0. The highest BCUT2D eigenvalue weighted by atomic mass is 35.5. The first kappa shape index (κ1) is 20.6. The van der Waals surface area contributed by atoms with E-state index in [1.54, 1.807) is 44.3 Å². The molecule has 3 rings (SSSR count). The van der Waals surface area contributed by atoms with Crippen molar-refractivity contribution < 1.29 is 4.79 Å². The Balaban J connectivity index is 2.14. The third-order valence-electron chi connectivity index (χ3n) is 4.35. The van der Waals surface area contributed by atoms with Crippen molar-refractivity contribution in [2.75, 3.05) is 0 Å². The molecule has 6 nitrogen and oxygen atoms in total. The molecule has 0 spiro atoms. The molecule has 0 radical (unpaired) electrons. The molecule has 2 heterocycles. The standard InChI is InChI=1S/C22H22ClN5O/c1-14(2)28-20(9-10-25-28)19-12-16(21(29)27-22(3,4)13-24)11-18(26-19)15-5-7-17(23)8-6-15/h5-12,14H,1-4H3,(H,27,29). The summed E-state index contributed by atoms with van der Waals surface area (Å²) in [7, 11) is 0. The van der Waals surface area contributed by atoms with Gasteiger partial charge in [0.15, 0.2) is 0 Å². The van der Waals surface area contributed by atoms with Crippen LogP contribution >= 0.6 is 11.6 Å². The van der Waals surface area contributed by atoms with E-state index in [-0.39, 0.29) is 11.9 Å². The fraction of sp³-hybridized carbons (Fsp3) is 0.273. The minimum Gasteiger partial charge on any atom is -0.334 e. The maximum absolute atomic E-state index is 12.9. The number of aromatic nitrogens is 3. The summed E-state index contributed by atoms with van der Waals surface area (Å²) in [5, 5.41) is 17.0. The van der Waals surface area contributed by atoms with Crippen molar-refractivity contribution in [2.24, 2.45) is 0 Å². The number of nitrogens with zero attached hydrogens (tertiary/aromatic N) is 4. The molecule has 1 N–H and O–H groups in total. The first-order valence-electron chi connectivity index (χ1n) is 9.26. The molecule has 7 heteroatoms. The predicted octanol–water partition coefficient (Wildman–Crippen LogP) is 4.88. The quantitative estimate of drug-likeness (QED) is 0.653. The molecule has 0 unspecified atom stereocenters. The Morgan fingerprint density at radius 3 is 2.45 bits per heavy atom. The van der Waals surface area contributed by atoms with E-state index in [4.69, 9.17) is 16.6 Å². The Kier molecular flexibility index (Phi) is 5.71. The van der Waals surface area contributed by atoms with E-state index in [1.165, 1.54) is 0 Å². The summed E-state index contributed by atoms with van der Waals surface area (Å²) in [6.45, 7) is 7.37. The van der Waals surface area contributed by atoms with Gasteiger partial charge in [0.2, 0.25) is 0 Å². The Morgan fingerprint density at radius 2 is 1.83 bits per heavy atom. The molecule has 0 atom stereocenters. The molecule has 29 heavy (non-hydrogen) atoms. The number of halogens is 1. The van der Waals surface area contributed by atoms with Gasteiger partial charge < -0.3 is 5.32 Å². The Morgan fingerprint density at radius 1 is 1.17 bits per heavy atom. The second-order valence-electron chi connectivity index (χ2n) is 7.58. The van der Waals surface area contributed by atoms with Gasteiger partial charge in [0, 0.05) is 28.4 Å². The number of benzene rings is 1. The summed E-state index contributed by atoms with van der Waals surface area (Å²) in [5.41, 5.74) is 2.34. The van der Waals surface area contributed by atoms with Crippen LogP contribution in [0.5, 0.6) is 0 Å². The van der Waals surface area contributed by atoms with Crippen LogP contribution in [0.2, 0.25) is 5.02 Å². The van der Waals surface area contributed by atoms with Gasteiger partial charge in [-0.1, -0.05) is 23.7 Å². The van der Waals surface area contributed by atoms with Crippen LogP contribution < -0.4 is 5.32 Å². The summed E-state index contributed by atoms with van der Waals surface area (Å²) in [5.74, 6) is -0.342. The van der Waals surface area contributed by atoms with Gasteiger partial charge in [0.25, 0.3) is 5.91 Å². The molecular formula is C22H22ClN5O. The zero-order valence-electron chi connectivity index (χ0n) is 16.8. The van der Waals surface area contributed by atoms with Crippen LogP contribution in [0.15, 0.2) is 48.7 Å². The highest BCUT2D eigenvalue weighted by molar-refractivity contribution is 6.30. The number of hydrogen-bond donors (Lipinski definition) is 1. The van der Waals surface area contributed by atoms with Crippen molar-refractivity contribution in [1.29, 1.82) is 5.26 Å². The number of nitriles is 1. The smallest absolute Gasteiger partial charge is 0.252 e. The first-order valence-corrected chi connectivity index (χ1v) is 9.63. The Labute approximate surface area is 175 Å². The molecule has 0 saturated carbocycles. The summed E-state index contributed by atoms with van der Waals surface area (Å²) in [4.78, 5) is 17.6. The highest BCUT2D eigenvalue weighted by Gasteiger charge is 2.22. The third-order valence-corrected chi connectivity index (χ3v) is 4.61. The molecule has 1 aromatic carbocycles. The molecule has 0 bridgehead atoms. The highest BCUT2D eigenvalue weighted by Crippen LogP contribution is 2.27. The van der Waals surface area contributed by atoms with Crippen molar-refractivity contribution in [3.8, 4) is 28.7 Å². The van der Waals surface area contributed by atoms with E-state index in [2.05, 4.69) is 16.5 Å². The van der Waals surface area contributed by atoms with Gasteiger partial charge in [-0.15, -0.1) is 0 Å². The largest absolute Gasteiger partial charge is 0.334 e. The second kappa shape index (κ2) is 8.06. The molecular weight excluding hydrogens is 386 g/mol. The van der Waals surface area contributed by atoms with Gasteiger partial charge in [-0.3, -0.25) is 9.48 Å². The van der Waals surface area contributed by atoms with Crippen molar-refractivity contribution in [3.05, 3.63) is 59.2 Å². The first-order chi connectivity index (χ1) is 13.7. The lowest BCUT2D eigenvalue weighted by Gasteiger charge is -2.18. The van der Waals surface area contributed by atoms with Crippen molar-refractivity contribution in [1.82, 2.24) is 20.1 Å². The third kappa shape index (κ3) is 4.64. The topological polar surface area (TPSA) is 83.6 Å². The minimum absolute atomic E-state index is 0.135. The lowest BCUT2D eigenvalue weighted by Crippen LogP contribution is -2.42. The SMILES string of the molecule is CC(C)n1nccc1-c1cc(C(=O)NC(C)(C)C#N)cc(-c2ccc(Cl)cc2)n1. The van der Waals surface area contributed by atoms with Gasteiger partial charge in [0.05, 0.1) is 23.2 Å². The van der Waals surface area contributed by atoms with Crippen molar-refractivity contribution in [3.63, 3.8) is 0 Å². The molecule has 148 valence electrons. The average molecular weight is 408 g/mol. The molecule has 0 aliphatic rings. The van der Waals surface area contributed by atoms with Gasteiger partial charge in [-0.25, -0.2) is 4.98 Å². The number of rotatable bonds is 5. The molecule has 0 saturated heterocycles. The maximum Gasteiger partial charge on any atom is 0.252 e.